The Morgan fingerprint density at radius 2 is 2.06 bits per heavy atom. The van der Waals surface area contributed by atoms with Gasteiger partial charge < -0.3 is 4.74 Å². The highest BCUT2D eigenvalue weighted by Crippen LogP contribution is 2.19. The third-order valence-corrected chi connectivity index (χ3v) is 2.94. The standard InChI is InChI=1S/C13H15BrO3/c1-3-17-13(16)11-6-4-5-10(8-14)12(11)7-9(2)15/h4-6H,3,7-8H2,1-2H3. The minimum absolute atomic E-state index is 0.0314. The topological polar surface area (TPSA) is 43.4 Å². The van der Waals surface area contributed by atoms with Crippen LogP contribution >= 0.6 is 15.9 Å². The largest absolute Gasteiger partial charge is 0.462 e. The molecule has 1 aromatic rings. The SMILES string of the molecule is CCOC(=O)c1cccc(CBr)c1CC(C)=O. The lowest BCUT2D eigenvalue weighted by Crippen LogP contribution is -2.12. The average molecular weight is 299 g/mol. The number of hydrogen-bond donors (Lipinski definition) is 0. The van der Waals surface area contributed by atoms with Crippen LogP contribution in [0.5, 0.6) is 0 Å². The van der Waals surface area contributed by atoms with Crippen LogP contribution in [0.4, 0.5) is 0 Å². The smallest absolute Gasteiger partial charge is 0.338 e. The van der Waals surface area contributed by atoms with Gasteiger partial charge in [0.2, 0.25) is 0 Å². The maximum Gasteiger partial charge on any atom is 0.338 e. The van der Waals surface area contributed by atoms with E-state index >= 15 is 0 Å². The van der Waals surface area contributed by atoms with Crippen molar-refractivity contribution in [1.82, 2.24) is 0 Å². The zero-order valence-electron chi connectivity index (χ0n) is 9.96. The number of Topliss-reactive ketones (excluding diaryl/α,β-unsaturated/α-hetero) is 1. The molecule has 3 nitrogen and oxygen atoms in total. The monoisotopic (exact) mass is 298 g/mol. The summed E-state index contributed by atoms with van der Waals surface area (Å²) < 4.78 is 4.98. The van der Waals surface area contributed by atoms with Crippen molar-refractivity contribution in [3.05, 3.63) is 34.9 Å². The van der Waals surface area contributed by atoms with Gasteiger partial charge in [0, 0.05) is 11.8 Å². The second-order valence-electron chi connectivity index (χ2n) is 3.68. The Morgan fingerprint density at radius 3 is 2.59 bits per heavy atom. The Kier molecular flexibility index (Phi) is 5.35. The molecule has 1 aromatic carbocycles. The summed E-state index contributed by atoms with van der Waals surface area (Å²) in [4.78, 5) is 23.0. The summed E-state index contributed by atoms with van der Waals surface area (Å²) in [6.45, 7) is 3.60. The zero-order chi connectivity index (χ0) is 12.8. The molecule has 17 heavy (non-hydrogen) atoms. The van der Waals surface area contributed by atoms with Gasteiger partial charge in [-0.15, -0.1) is 0 Å². The molecule has 0 bridgehead atoms. The van der Waals surface area contributed by atoms with Crippen molar-refractivity contribution in [1.29, 1.82) is 0 Å². The van der Waals surface area contributed by atoms with E-state index in [1.807, 2.05) is 6.07 Å². The number of hydrogen-bond acceptors (Lipinski definition) is 3. The van der Waals surface area contributed by atoms with Crippen LogP contribution in [0.2, 0.25) is 0 Å². The van der Waals surface area contributed by atoms with Crippen LogP contribution in [0.1, 0.15) is 35.3 Å². The van der Waals surface area contributed by atoms with E-state index in [4.69, 9.17) is 4.74 Å². The number of alkyl halides is 1. The number of esters is 1. The zero-order valence-corrected chi connectivity index (χ0v) is 11.5. The Hall–Kier alpha value is -1.16. The molecule has 0 spiro atoms. The number of ether oxygens (including phenoxy) is 1. The van der Waals surface area contributed by atoms with E-state index in [0.29, 0.717) is 17.5 Å². The fourth-order valence-corrected chi connectivity index (χ4v) is 2.14. The highest BCUT2D eigenvalue weighted by atomic mass is 79.9. The van der Waals surface area contributed by atoms with Gasteiger partial charge in [0.25, 0.3) is 0 Å². The maximum atomic E-state index is 11.8. The minimum Gasteiger partial charge on any atom is -0.462 e. The first-order valence-electron chi connectivity index (χ1n) is 5.43. The quantitative estimate of drug-likeness (QED) is 0.620. The van der Waals surface area contributed by atoms with Crippen LogP contribution in [-0.4, -0.2) is 18.4 Å². The van der Waals surface area contributed by atoms with Crippen molar-refractivity contribution < 1.29 is 14.3 Å². The van der Waals surface area contributed by atoms with Crippen LogP contribution < -0.4 is 0 Å². The summed E-state index contributed by atoms with van der Waals surface area (Å²) in [5.74, 6) is -0.338. The predicted molar refractivity (Wildman–Crippen MR) is 69.4 cm³/mol. The van der Waals surface area contributed by atoms with E-state index in [9.17, 15) is 9.59 Å². The van der Waals surface area contributed by atoms with Crippen molar-refractivity contribution in [2.75, 3.05) is 6.61 Å². The number of halogens is 1. The number of carbonyl (C=O) groups excluding carboxylic acids is 2. The van der Waals surface area contributed by atoms with Crippen LogP contribution in [0.3, 0.4) is 0 Å². The van der Waals surface area contributed by atoms with E-state index in [1.165, 1.54) is 6.92 Å². The van der Waals surface area contributed by atoms with Gasteiger partial charge in [-0.1, -0.05) is 28.1 Å². The van der Waals surface area contributed by atoms with Gasteiger partial charge in [-0.25, -0.2) is 4.79 Å². The number of carbonyl (C=O) groups is 2. The molecular weight excluding hydrogens is 284 g/mol. The third kappa shape index (κ3) is 3.66. The van der Waals surface area contributed by atoms with Gasteiger partial charge in [0.1, 0.15) is 5.78 Å². The van der Waals surface area contributed by atoms with Gasteiger partial charge in [0.15, 0.2) is 0 Å². The molecule has 0 saturated heterocycles. The van der Waals surface area contributed by atoms with E-state index in [0.717, 1.165) is 11.1 Å². The molecule has 0 saturated carbocycles. The van der Waals surface area contributed by atoms with Crippen molar-refractivity contribution in [2.24, 2.45) is 0 Å². The van der Waals surface area contributed by atoms with E-state index < -0.39 is 0 Å². The molecule has 0 heterocycles. The third-order valence-electron chi connectivity index (χ3n) is 2.34. The first-order chi connectivity index (χ1) is 8.10. The van der Waals surface area contributed by atoms with Gasteiger partial charge in [-0.3, -0.25) is 4.79 Å². The highest BCUT2D eigenvalue weighted by molar-refractivity contribution is 9.08. The molecule has 0 unspecified atom stereocenters. The van der Waals surface area contributed by atoms with Crippen LogP contribution in [0.15, 0.2) is 18.2 Å². The van der Waals surface area contributed by atoms with E-state index in [1.54, 1.807) is 19.1 Å². The Morgan fingerprint density at radius 1 is 1.35 bits per heavy atom. The molecule has 1 rings (SSSR count). The summed E-state index contributed by atoms with van der Waals surface area (Å²) in [6, 6.07) is 5.39. The average Bonchev–Trinajstić information content (AvgIpc) is 2.28. The van der Waals surface area contributed by atoms with Crippen molar-refractivity contribution in [3.8, 4) is 0 Å². The van der Waals surface area contributed by atoms with Gasteiger partial charge >= 0.3 is 5.97 Å². The summed E-state index contributed by atoms with van der Waals surface area (Å²) >= 11 is 3.36. The molecule has 0 radical (unpaired) electrons. The lowest BCUT2D eigenvalue weighted by Gasteiger charge is -2.11. The number of rotatable bonds is 5. The Bertz CT molecular complexity index is 427. The summed E-state index contributed by atoms with van der Waals surface area (Å²) in [7, 11) is 0. The van der Waals surface area contributed by atoms with Crippen LogP contribution in [-0.2, 0) is 21.3 Å². The molecule has 0 atom stereocenters. The molecular formula is C13H15BrO3. The summed E-state index contributed by atoms with van der Waals surface area (Å²) in [6.07, 6.45) is 0.260. The van der Waals surface area contributed by atoms with E-state index in [-0.39, 0.29) is 18.2 Å². The predicted octanol–water partition coefficient (Wildman–Crippen LogP) is 2.89. The first kappa shape index (κ1) is 13.9. The summed E-state index contributed by atoms with van der Waals surface area (Å²) in [5.41, 5.74) is 2.19. The second-order valence-corrected chi connectivity index (χ2v) is 4.24. The van der Waals surface area contributed by atoms with Crippen molar-refractivity contribution in [3.63, 3.8) is 0 Å². The Balaban J connectivity index is 3.18. The maximum absolute atomic E-state index is 11.8. The molecule has 0 aromatic heterocycles. The second kappa shape index (κ2) is 6.55. The lowest BCUT2D eigenvalue weighted by atomic mass is 9.97. The molecule has 0 fully saturated rings. The van der Waals surface area contributed by atoms with Crippen molar-refractivity contribution >= 4 is 27.7 Å². The van der Waals surface area contributed by atoms with Crippen LogP contribution in [0.25, 0.3) is 0 Å². The summed E-state index contributed by atoms with van der Waals surface area (Å²) in [5, 5.41) is 0.614. The number of ketones is 1. The van der Waals surface area contributed by atoms with Crippen LogP contribution in [0, 0.1) is 0 Å². The molecule has 92 valence electrons. The number of benzene rings is 1. The Labute approximate surface area is 109 Å². The molecule has 0 aliphatic heterocycles. The lowest BCUT2D eigenvalue weighted by molar-refractivity contribution is -0.116. The molecule has 0 aliphatic carbocycles. The highest BCUT2D eigenvalue weighted by Gasteiger charge is 2.16. The van der Waals surface area contributed by atoms with Crippen molar-refractivity contribution in [2.45, 2.75) is 25.6 Å². The molecule has 0 amide bonds. The molecule has 4 heteroatoms. The molecule has 0 aliphatic rings. The van der Waals surface area contributed by atoms with Gasteiger partial charge in [0.05, 0.1) is 12.2 Å². The normalized spacial score (nSPS) is 10.1. The first-order valence-corrected chi connectivity index (χ1v) is 6.55. The minimum atomic E-state index is -0.369. The fraction of sp³-hybridized carbons (Fsp3) is 0.385. The van der Waals surface area contributed by atoms with Gasteiger partial charge in [-0.05, 0) is 31.0 Å². The fourth-order valence-electron chi connectivity index (χ4n) is 1.62. The van der Waals surface area contributed by atoms with Gasteiger partial charge in [-0.2, -0.15) is 0 Å². The molecule has 0 N–H and O–H groups in total. The van der Waals surface area contributed by atoms with E-state index in [2.05, 4.69) is 15.9 Å².